The third-order valence-electron chi connectivity index (χ3n) is 5.51. The highest BCUT2D eigenvalue weighted by atomic mass is 16.4. The second-order valence-corrected chi connectivity index (χ2v) is 8.08. The van der Waals surface area contributed by atoms with Crippen LogP contribution >= 0.6 is 0 Å². The smallest absolute Gasteiger partial charge is 0.337 e. The van der Waals surface area contributed by atoms with Crippen molar-refractivity contribution in [2.75, 3.05) is 0 Å². The number of rotatable bonds is 20. The summed E-state index contributed by atoms with van der Waals surface area (Å²) in [6.45, 7) is 2.22. The normalized spacial score (nSPS) is 14.3. The molecule has 0 aliphatic heterocycles. The maximum atomic E-state index is 11.4. The molecular weight excluding hydrogens is 376 g/mol. The van der Waals surface area contributed by atoms with Crippen LogP contribution in [0.1, 0.15) is 110 Å². The van der Waals surface area contributed by atoms with Crippen LogP contribution in [0.2, 0.25) is 0 Å². The van der Waals surface area contributed by atoms with Crippen molar-refractivity contribution in [3.63, 3.8) is 0 Å². The van der Waals surface area contributed by atoms with E-state index in [1.165, 1.54) is 57.8 Å². The maximum Gasteiger partial charge on any atom is 0.337 e. The topological polar surface area (TPSA) is 132 Å². The van der Waals surface area contributed by atoms with Crippen LogP contribution < -0.4 is 0 Å². The van der Waals surface area contributed by atoms with Crippen LogP contribution in [0.3, 0.4) is 0 Å². The van der Waals surface area contributed by atoms with Crippen molar-refractivity contribution < 1.29 is 34.8 Å². The Morgan fingerprint density at radius 2 is 1.07 bits per heavy atom. The zero-order chi connectivity index (χ0) is 22.1. The molecule has 2 atom stereocenters. The van der Waals surface area contributed by atoms with Crippen LogP contribution in [0.4, 0.5) is 0 Å². The van der Waals surface area contributed by atoms with Crippen LogP contribution in [-0.2, 0) is 14.4 Å². The van der Waals surface area contributed by atoms with Crippen molar-refractivity contribution in [2.45, 2.75) is 115 Å². The Morgan fingerprint density at radius 1 is 0.690 bits per heavy atom. The SMILES string of the molecule is CCCCCCCCCCCCCCCC[C@@H](C(=O)O)[C@](O)(CC(=O)O)C(=O)O. The summed E-state index contributed by atoms with van der Waals surface area (Å²) in [5, 5.41) is 37.3. The molecule has 0 unspecified atom stereocenters. The summed E-state index contributed by atoms with van der Waals surface area (Å²) < 4.78 is 0. The summed E-state index contributed by atoms with van der Waals surface area (Å²) in [6, 6.07) is 0. The van der Waals surface area contributed by atoms with Gasteiger partial charge in [-0.2, -0.15) is 0 Å². The molecule has 0 fully saturated rings. The van der Waals surface area contributed by atoms with E-state index in [4.69, 9.17) is 10.2 Å². The van der Waals surface area contributed by atoms with Gasteiger partial charge in [-0.15, -0.1) is 0 Å². The molecule has 0 bridgehead atoms. The average molecular weight is 417 g/mol. The molecule has 0 aromatic carbocycles. The first-order chi connectivity index (χ1) is 13.8. The largest absolute Gasteiger partial charge is 0.481 e. The monoisotopic (exact) mass is 416 g/mol. The van der Waals surface area contributed by atoms with Gasteiger partial charge in [0.1, 0.15) is 0 Å². The van der Waals surface area contributed by atoms with E-state index in [2.05, 4.69) is 6.92 Å². The summed E-state index contributed by atoms with van der Waals surface area (Å²) in [7, 11) is 0. The lowest BCUT2D eigenvalue weighted by molar-refractivity contribution is -0.179. The van der Waals surface area contributed by atoms with Crippen LogP contribution in [0.25, 0.3) is 0 Å². The molecule has 7 nitrogen and oxygen atoms in total. The molecule has 0 amide bonds. The molecule has 0 spiro atoms. The Morgan fingerprint density at radius 3 is 1.38 bits per heavy atom. The molecule has 0 saturated carbocycles. The molecule has 0 heterocycles. The minimum absolute atomic E-state index is 0.0521. The highest BCUT2D eigenvalue weighted by molar-refractivity contribution is 5.89. The Balaban J connectivity index is 3.92. The van der Waals surface area contributed by atoms with E-state index < -0.39 is 35.8 Å². The molecule has 0 aromatic rings. The molecular formula is C22H40O7. The fourth-order valence-electron chi connectivity index (χ4n) is 3.69. The van der Waals surface area contributed by atoms with Crippen molar-refractivity contribution >= 4 is 17.9 Å². The maximum absolute atomic E-state index is 11.4. The van der Waals surface area contributed by atoms with Gasteiger partial charge in [-0.05, 0) is 6.42 Å². The highest BCUT2D eigenvalue weighted by Gasteiger charge is 2.49. The molecule has 0 rings (SSSR count). The van der Waals surface area contributed by atoms with Crippen LogP contribution in [0.15, 0.2) is 0 Å². The Hall–Kier alpha value is -1.63. The lowest BCUT2D eigenvalue weighted by Crippen LogP contribution is -2.50. The summed E-state index contributed by atoms with van der Waals surface area (Å²) >= 11 is 0. The fourth-order valence-corrected chi connectivity index (χ4v) is 3.69. The fraction of sp³-hybridized carbons (Fsp3) is 0.864. The second-order valence-electron chi connectivity index (χ2n) is 8.08. The van der Waals surface area contributed by atoms with E-state index in [-0.39, 0.29) is 6.42 Å². The summed E-state index contributed by atoms with van der Waals surface area (Å²) in [5.41, 5.74) is -2.78. The van der Waals surface area contributed by atoms with Gasteiger partial charge in [0.15, 0.2) is 5.60 Å². The first-order valence-electron chi connectivity index (χ1n) is 11.2. The Bertz CT molecular complexity index is 478. The summed E-state index contributed by atoms with van der Waals surface area (Å²) in [6.07, 6.45) is 14.8. The van der Waals surface area contributed by atoms with Gasteiger partial charge in [0, 0.05) is 0 Å². The van der Waals surface area contributed by atoms with Crippen LogP contribution in [0, 0.1) is 5.92 Å². The third kappa shape index (κ3) is 12.5. The number of aliphatic carboxylic acids is 3. The molecule has 0 saturated heterocycles. The molecule has 4 N–H and O–H groups in total. The van der Waals surface area contributed by atoms with Gasteiger partial charge in [-0.25, -0.2) is 4.79 Å². The van der Waals surface area contributed by atoms with Gasteiger partial charge < -0.3 is 20.4 Å². The van der Waals surface area contributed by atoms with Gasteiger partial charge in [-0.3, -0.25) is 9.59 Å². The van der Waals surface area contributed by atoms with E-state index in [1.807, 2.05) is 0 Å². The van der Waals surface area contributed by atoms with Gasteiger partial charge in [-0.1, -0.05) is 96.8 Å². The van der Waals surface area contributed by atoms with Crippen LogP contribution in [0.5, 0.6) is 0 Å². The molecule has 0 radical (unpaired) electrons. The molecule has 29 heavy (non-hydrogen) atoms. The number of aliphatic hydroxyl groups is 1. The molecule has 0 aliphatic rings. The summed E-state index contributed by atoms with van der Waals surface area (Å²) in [4.78, 5) is 33.5. The first kappa shape index (κ1) is 27.4. The van der Waals surface area contributed by atoms with Crippen LogP contribution in [-0.4, -0.2) is 43.9 Å². The van der Waals surface area contributed by atoms with Crippen molar-refractivity contribution in [3.8, 4) is 0 Å². The standard InChI is InChI=1S/C22H40O7/c1-2-3-4-5-6-7-8-9-10-11-12-13-14-15-16-18(20(25)26)22(29,21(27)28)17-19(23)24/h18,29H,2-17H2,1H3,(H,23,24)(H,25,26)(H,27,28)/t18-,22+/m0/s1. The van der Waals surface area contributed by atoms with Crippen molar-refractivity contribution in [2.24, 2.45) is 5.92 Å². The zero-order valence-electron chi connectivity index (χ0n) is 17.9. The molecule has 0 aromatic heterocycles. The minimum Gasteiger partial charge on any atom is -0.481 e. The first-order valence-corrected chi connectivity index (χ1v) is 11.2. The zero-order valence-corrected chi connectivity index (χ0v) is 17.9. The predicted octanol–water partition coefficient (Wildman–Crippen LogP) is 4.85. The second kappa shape index (κ2) is 16.2. The van der Waals surface area contributed by atoms with Gasteiger partial charge in [0.25, 0.3) is 0 Å². The lowest BCUT2D eigenvalue weighted by Gasteiger charge is -2.28. The molecule has 170 valence electrons. The van der Waals surface area contributed by atoms with E-state index in [0.717, 1.165) is 25.7 Å². The van der Waals surface area contributed by atoms with Crippen molar-refractivity contribution in [3.05, 3.63) is 0 Å². The van der Waals surface area contributed by atoms with E-state index in [1.54, 1.807) is 0 Å². The number of carboxylic acids is 3. The quantitative estimate of drug-likeness (QED) is 0.209. The Kier molecular flexibility index (Phi) is 15.3. The number of hydrogen-bond donors (Lipinski definition) is 4. The van der Waals surface area contributed by atoms with Crippen molar-refractivity contribution in [1.82, 2.24) is 0 Å². The molecule has 0 aliphatic carbocycles. The predicted molar refractivity (Wildman–Crippen MR) is 111 cm³/mol. The number of unbranched alkanes of at least 4 members (excludes halogenated alkanes) is 13. The Labute approximate surface area is 174 Å². The molecule has 7 heteroatoms. The third-order valence-corrected chi connectivity index (χ3v) is 5.51. The van der Waals surface area contributed by atoms with E-state index in [0.29, 0.717) is 6.42 Å². The van der Waals surface area contributed by atoms with Gasteiger partial charge in [0.2, 0.25) is 0 Å². The van der Waals surface area contributed by atoms with E-state index >= 15 is 0 Å². The number of hydrogen-bond acceptors (Lipinski definition) is 4. The summed E-state index contributed by atoms with van der Waals surface area (Å²) in [5.74, 6) is -6.46. The minimum atomic E-state index is -2.78. The van der Waals surface area contributed by atoms with Gasteiger partial charge >= 0.3 is 17.9 Å². The number of carboxylic acid groups (broad SMARTS) is 3. The highest BCUT2D eigenvalue weighted by Crippen LogP contribution is 2.28. The average Bonchev–Trinajstić information content (AvgIpc) is 2.63. The van der Waals surface area contributed by atoms with E-state index in [9.17, 15) is 24.6 Å². The van der Waals surface area contributed by atoms with Gasteiger partial charge in [0.05, 0.1) is 12.3 Å². The number of carbonyl (C=O) groups is 3. The lowest BCUT2D eigenvalue weighted by atomic mass is 9.81. The van der Waals surface area contributed by atoms with Crippen molar-refractivity contribution in [1.29, 1.82) is 0 Å².